The number of amides is 1. The van der Waals surface area contributed by atoms with Crippen LogP contribution in [0.4, 0.5) is 5.69 Å². The Morgan fingerprint density at radius 2 is 1.65 bits per heavy atom. The van der Waals surface area contributed by atoms with Crippen molar-refractivity contribution in [2.45, 2.75) is 24.7 Å². The molecule has 0 aliphatic carbocycles. The normalized spacial score (nSPS) is 11.2. The van der Waals surface area contributed by atoms with E-state index in [0.29, 0.717) is 12.2 Å². The summed E-state index contributed by atoms with van der Waals surface area (Å²) >= 11 is 0. The van der Waals surface area contributed by atoms with E-state index in [0.717, 1.165) is 12.8 Å². The average molecular weight is 332 g/mol. The number of benzene rings is 2. The first-order valence-corrected chi connectivity index (χ1v) is 8.88. The van der Waals surface area contributed by atoms with Gasteiger partial charge in [-0.15, -0.1) is 0 Å². The number of anilines is 1. The van der Waals surface area contributed by atoms with Gasteiger partial charge in [0.2, 0.25) is 5.91 Å². The van der Waals surface area contributed by atoms with Gasteiger partial charge in [0.25, 0.3) is 10.0 Å². The number of nitrogens with zero attached hydrogens (tertiary/aromatic N) is 1. The molecule has 0 aliphatic rings. The molecule has 0 radical (unpaired) electrons. The lowest BCUT2D eigenvalue weighted by molar-refractivity contribution is 0.1000. The second-order valence-electron chi connectivity index (χ2n) is 5.15. The molecular formula is C17H20N2O3S. The van der Waals surface area contributed by atoms with E-state index in [9.17, 15) is 13.2 Å². The average Bonchev–Trinajstić information content (AvgIpc) is 2.56. The number of unbranched alkanes of at least 4 members (excludes halogenated alkanes) is 1. The van der Waals surface area contributed by atoms with Crippen molar-refractivity contribution in [3.05, 3.63) is 60.2 Å². The highest BCUT2D eigenvalue weighted by Gasteiger charge is 2.24. The molecule has 0 bridgehead atoms. The molecule has 0 fully saturated rings. The predicted molar refractivity (Wildman–Crippen MR) is 90.8 cm³/mol. The molecule has 2 N–H and O–H groups in total. The number of para-hydroxylation sites is 1. The van der Waals surface area contributed by atoms with Crippen LogP contribution in [0.15, 0.2) is 59.5 Å². The Balaban J connectivity index is 2.41. The summed E-state index contributed by atoms with van der Waals surface area (Å²) in [6, 6.07) is 14.7. The number of carbonyl (C=O) groups is 1. The molecule has 0 aliphatic heterocycles. The molecular weight excluding hydrogens is 312 g/mol. The summed E-state index contributed by atoms with van der Waals surface area (Å²) in [5.74, 6) is -0.583. The summed E-state index contributed by atoms with van der Waals surface area (Å²) in [5, 5.41) is 0. The highest BCUT2D eigenvalue weighted by Crippen LogP contribution is 2.24. The summed E-state index contributed by atoms with van der Waals surface area (Å²) in [6.07, 6.45) is 1.65. The van der Waals surface area contributed by atoms with Crippen LogP contribution in [0.1, 0.15) is 30.1 Å². The molecule has 6 heteroatoms. The van der Waals surface area contributed by atoms with Crippen molar-refractivity contribution in [1.82, 2.24) is 0 Å². The van der Waals surface area contributed by atoms with Crippen LogP contribution in [0.2, 0.25) is 0 Å². The molecule has 0 heterocycles. The van der Waals surface area contributed by atoms with Gasteiger partial charge in [-0.3, -0.25) is 9.10 Å². The number of sulfonamides is 1. The zero-order valence-corrected chi connectivity index (χ0v) is 13.8. The van der Waals surface area contributed by atoms with Gasteiger partial charge < -0.3 is 5.73 Å². The Morgan fingerprint density at radius 3 is 2.17 bits per heavy atom. The van der Waals surface area contributed by atoms with Crippen LogP contribution in [0.3, 0.4) is 0 Å². The van der Waals surface area contributed by atoms with Crippen LogP contribution in [-0.2, 0) is 10.0 Å². The Bertz CT molecular complexity index is 756. The number of carbonyl (C=O) groups excluding carboxylic acids is 1. The van der Waals surface area contributed by atoms with Crippen LogP contribution in [0.5, 0.6) is 0 Å². The number of hydrogen-bond acceptors (Lipinski definition) is 3. The van der Waals surface area contributed by atoms with E-state index in [1.54, 1.807) is 24.3 Å². The largest absolute Gasteiger partial charge is 0.366 e. The van der Waals surface area contributed by atoms with Crippen molar-refractivity contribution >= 4 is 21.6 Å². The molecule has 2 aromatic rings. The number of primary amides is 1. The molecule has 0 spiro atoms. The van der Waals surface area contributed by atoms with Gasteiger partial charge in [-0.25, -0.2) is 8.42 Å². The number of hydrogen-bond donors (Lipinski definition) is 1. The third kappa shape index (κ3) is 3.90. The quantitative estimate of drug-likeness (QED) is 0.846. The van der Waals surface area contributed by atoms with E-state index in [-0.39, 0.29) is 10.5 Å². The Hall–Kier alpha value is -2.34. The topological polar surface area (TPSA) is 80.5 Å². The van der Waals surface area contributed by atoms with Gasteiger partial charge in [0, 0.05) is 12.1 Å². The van der Waals surface area contributed by atoms with Gasteiger partial charge in [0.1, 0.15) is 0 Å². The summed E-state index contributed by atoms with van der Waals surface area (Å²) in [7, 11) is -3.69. The van der Waals surface area contributed by atoms with E-state index in [1.807, 2.05) is 13.0 Å². The first-order valence-electron chi connectivity index (χ1n) is 7.44. The van der Waals surface area contributed by atoms with Gasteiger partial charge in [0.05, 0.1) is 10.6 Å². The Morgan fingerprint density at radius 1 is 1.04 bits per heavy atom. The van der Waals surface area contributed by atoms with Crippen LogP contribution < -0.4 is 10.0 Å². The van der Waals surface area contributed by atoms with E-state index in [1.165, 1.54) is 28.6 Å². The number of nitrogens with two attached hydrogens (primary N) is 1. The van der Waals surface area contributed by atoms with Gasteiger partial charge in [-0.1, -0.05) is 31.5 Å². The minimum absolute atomic E-state index is 0.141. The first-order chi connectivity index (χ1) is 11.0. The Labute approximate surface area is 136 Å². The zero-order chi connectivity index (χ0) is 16.9. The molecule has 1 amide bonds. The standard InChI is InChI=1S/C17H20N2O3S/c1-2-3-13-19(15-7-5-4-6-8-15)23(21,22)16-11-9-14(10-12-16)17(18)20/h4-12H,2-3,13H2,1H3,(H2,18,20). The second-order valence-corrected chi connectivity index (χ2v) is 7.02. The molecule has 0 unspecified atom stereocenters. The van der Waals surface area contributed by atoms with E-state index in [4.69, 9.17) is 5.73 Å². The summed E-state index contributed by atoms with van der Waals surface area (Å²) in [5.41, 5.74) is 6.10. The maximum atomic E-state index is 12.9. The first kappa shape index (κ1) is 17.0. The fourth-order valence-corrected chi connectivity index (χ4v) is 3.71. The predicted octanol–water partition coefficient (Wildman–Crippen LogP) is 2.78. The van der Waals surface area contributed by atoms with Gasteiger partial charge in [-0.2, -0.15) is 0 Å². The molecule has 0 saturated heterocycles. The third-order valence-electron chi connectivity index (χ3n) is 3.49. The van der Waals surface area contributed by atoms with Crippen molar-refractivity contribution in [1.29, 1.82) is 0 Å². The van der Waals surface area contributed by atoms with Crippen LogP contribution in [0, 0.1) is 0 Å². The summed E-state index contributed by atoms with van der Waals surface area (Å²) in [6.45, 7) is 2.41. The minimum atomic E-state index is -3.69. The molecule has 0 aromatic heterocycles. The summed E-state index contributed by atoms with van der Waals surface area (Å²) < 4.78 is 27.3. The zero-order valence-electron chi connectivity index (χ0n) is 13.0. The highest BCUT2D eigenvalue weighted by atomic mass is 32.2. The maximum absolute atomic E-state index is 12.9. The van der Waals surface area contributed by atoms with Gasteiger partial charge in [0.15, 0.2) is 0 Å². The van der Waals surface area contributed by atoms with Gasteiger partial charge in [-0.05, 0) is 42.8 Å². The monoisotopic (exact) mass is 332 g/mol. The molecule has 23 heavy (non-hydrogen) atoms. The fraction of sp³-hybridized carbons (Fsp3) is 0.235. The van der Waals surface area contributed by atoms with Crippen LogP contribution >= 0.6 is 0 Å². The lowest BCUT2D eigenvalue weighted by Crippen LogP contribution is -2.32. The molecule has 0 atom stereocenters. The summed E-state index contributed by atoms with van der Waals surface area (Å²) in [4.78, 5) is 11.3. The third-order valence-corrected chi connectivity index (χ3v) is 5.33. The van der Waals surface area contributed by atoms with E-state index < -0.39 is 15.9 Å². The van der Waals surface area contributed by atoms with Crippen molar-refractivity contribution in [2.75, 3.05) is 10.8 Å². The molecule has 2 aromatic carbocycles. The van der Waals surface area contributed by atoms with Crippen molar-refractivity contribution in [3.8, 4) is 0 Å². The van der Waals surface area contributed by atoms with E-state index >= 15 is 0 Å². The van der Waals surface area contributed by atoms with Crippen molar-refractivity contribution in [3.63, 3.8) is 0 Å². The lowest BCUT2D eigenvalue weighted by Gasteiger charge is -2.24. The second kappa shape index (κ2) is 7.28. The molecule has 2 rings (SSSR count). The molecule has 0 saturated carbocycles. The highest BCUT2D eigenvalue weighted by molar-refractivity contribution is 7.92. The van der Waals surface area contributed by atoms with Crippen molar-refractivity contribution in [2.24, 2.45) is 5.73 Å². The molecule has 122 valence electrons. The van der Waals surface area contributed by atoms with Crippen molar-refractivity contribution < 1.29 is 13.2 Å². The fourth-order valence-electron chi connectivity index (χ4n) is 2.20. The minimum Gasteiger partial charge on any atom is -0.366 e. The van der Waals surface area contributed by atoms with Crippen LogP contribution in [-0.4, -0.2) is 20.9 Å². The Kier molecular flexibility index (Phi) is 5.39. The smallest absolute Gasteiger partial charge is 0.264 e. The molecule has 5 nitrogen and oxygen atoms in total. The lowest BCUT2D eigenvalue weighted by atomic mass is 10.2. The van der Waals surface area contributed by atoms with Crippen LogP contribution in [0.25, 0.3) is 0 Å². The number of rotatable bonds is 7. The van der Waals surface area contributed by atoms with Gasteiger partial charge >= 0.3 is 0 Å². The SMILES string of the molecule is CCCCN(c1ccccc1)S(=O)(=O)c1ccc(C(N)=O)cc1. The van der Waals surface area contributed by atoms with E-state index in [2.05, 4.69) is 0 Å². The maximum Gasteiger partial charge on any atom is 0.264 e.